The van der Waals surface area contributed by atoms with E-state index >= 15 is 0 Å². The summed E-state index contributed by atoms with van der Waals surface area (Å²) in [6, 6.07) is 15.4. The Morgan fingerprint density at radius 2 is 1.87 bits per heavy atom. The summed E-state index contributed by atoms with van der Waals surface area (Å²) in [7, 11) is 1.66. The van der Waals surface area contributed by atoms with Gasteiger partial charge in [-0.1, -0.05) is 30.3 Å². The number of nitrogens with one attached hydrogen (secondary N) is 1. The molecule has 4 rings (SSSR count). The fourth-order valence-corrected chi connectivity index (χ4v) is 3.81. The van der Waals surface area contributed by atoms with Crippen molar-refractivity contribution in [2.24, 2.45) is 5.73 Å². The number of primary amides is 1. The molecule has 0 aliphatic rings. The van der Waals surface area contributed by atoms with Gasteiger partial charge in [-0.15, -0.1) is 0 Å². The third kappa shape index (κ3) is 4.37. The van der Waals surface area contributed by atoms with Gasteiger partial charge < -0.3 is 26.1 Å². The van der Waals surface area contributed by atoms with E-state index in [2.05, 4.69) is 14.9 Å². The Labute approximate surface area is 180 Å². The van der Waals surface area contributed by atoms with Crippen molar-refractivity contribution in [2.75, 3.05) is 19.4 Å². The molecule has 2 aromatic heterocycles. The van der Waals surface area contributed by atoms with E-state index in [4.69, 9.17) is 21.2 Å². The molecule has 31 heavy (non-hydrogen) atoms. The summed E-state index contributed by atoms with van der Waals surface area (Å²) in [5.41, 5.74) is 15.1. The molecule has 4 aromatic rings. The van der Waals surface area contributed by atoms with Gasteiger partial charge in [0.25, 0.3) is 0 Å². The number of nitrogen functional groups attached to an aromatic ring is 1. The number of imidazole rings is 1. The number of benzene rings is 2. The Bertz CT molecular complexity index is 1220. The minimum Gasteiger partial charge on any atom is -0.497 e. The molecule has 2 amide bonds. The van der Waals surface area contributed by atoms with Gasteiger partial charge in [-0.3, -0.25) is 0 Å². The van der Waals surface area contributed by atoms with Crippen molar-refractivity contribution in [1.82, 2.24) is 19.9 Å². The molecule has 0 unspecified atom stereocenters. The van der Waals surface area contributed by atoms with Crippen LogP contribution in [-0.2, 0) is 13.0 Å². The van der Waals surface area contributed by atoms with Crippen molar-refractivity contribution in [1.29, 1.82) is 0 Å². The van der Waals surface area contributed by atoms with Crippen LogP contribution >= 0.6 is 0 Å². The number of fused-ring (bicyclic) bond motifs is 3. The van der Waals surface area contributed by atoms with E-state index in [-0.39, 0.29) is 0 Å². The number of methoxy groups -OCH3 is 1. The van der Waals surface area contributed by atoms with Crippen LogP contribution in [0.5, 0.6) is 5.75 Å². The average Bonchev–Trinajstić information content (AvgIpc) is 3.13. The van der Waals surface area contributed by atoms with Crippen LogP contribution in [0.2, 0.25) is 0 Å². The first kappa shape index (κ1) is 20.5. The van der Waals surface area contributed by atoms with Crippen LogP contribution in [0.3, 0.4) is 0 Å². The molecule has 0 radical (unpaired) electrons. The number of anilines is 1. The monoisotopic (exact) mass is 418 g/mol. The zero-order chi connectivity index (χ0) is 21.8. The zero-order valence-corrected chi connectivity index (χ0v) is 17.5. The van der Waals surface area contributed by atoms with Gasteiger partial charge >= 0.3 is 6.03 Å². The molecule has 0 atom stereocenters. The Balaban J connectivity index is 1.73. The molecule has 2 heterocycles. The van der Waals surface area contributed by atoms with Crippen molar-refractivity contribution in [3.8, 4) is 5.75 Å². The van der Waals surface area contributed by atoms with Gasteiger partial charge in [-0.05, 0) is 36.6 Å². The maximum atomic E-state index is 10.9. The van der Waals surface area contributed by atoms with Crippen LogP contribution in [0.15, 0.2) is 48.5 Å². The zero-order valence-electron chi connectivity index (χ0n) is 17.5. The van der Waals surface area contributed by atoms with E-state index in [1.54, 1.807) is 7.11 Å². The van der Waals surface area contributed by atoms with Crippen LogP contribution < -0.4 is 21.5 Å². The van der Waals surface area contributed by atoms with Crippen molar-refractivity contribution < 1.29 is 9.53 Å². The number of pyridine rings is 1. The summed E-state index contributed by atoms with van der Waals surface area (Å²) in [6.07, 6.45) is 2.33. The summed E-state index contributed by atoms with van der Waals surface area (Å²) < 4.78 is 7.49. The fraction of sp³-hybridized carbons (Fsp3) is 0.261. The molecule has 0 spiro atoms. The van der Waals surface area contributed by atoms with Gasteiger partial charge in [-0.25, -0.2) is 14.8 Å². The highest BCUT2D eigenvalue weighted by molar-refractivity contribution is 6.06. The summed E-state index contributed by atoms with van der Waals surface area (Å²) in [5, 5.41) is 3.66. The predicted octanol–water partition coefficient (Wildman–Crippen LogP) is 3.21. The summed E-state index contributed by atoms with van der Waals surface area (Å²) in [6.45, 7) is 1.29. The van der Waals surface area contributed by atoms with Crippen LogP contribution in [-0.4, -0.2) is 34.2 Å². The lowest BCUT2D eigenvalue weighted by Crippen LogP contribution is -2.30. The van der Waals surface area contributed by atoms with Crippen LogP contribution in [0.1, 0.15) is 24.2 Å². The average molecular weight is 419 g/mol. The highest BCUT2D eigenvalue weighted by atomic mass is 16.5. The van der Waals surface area contributed by atoms with E-state index in [0.717, 1.165) is 58.5 Å². The number of nitrogens with two attached hydrogens (primary N) is 2. The van der Waals surface area contributed by atoms with Crippen molar-refractivity contribution in [2.45, 2.75) is 25.8 Å². The van der Waals surface area contributed by atoms with Crippen molar-refractivity contribution in [3.05, 3.63) is 59.9 Å². The molecular formula is C23H26N6O2. The Kier molecular flexibility index (Phi) is 5.88. The number of amides is 2. The Morgan fingerprint density at radius 3 is 2.61 bits per heavy atom. The lowest BCUT2D eigenvalue weighted by molar-refractivity contribution is 0.248. The maximum absolute atomic E-state index is 10.9. The molecule has 8 nitrogen and oxygen atoms in total. The number of rotatable bonds is 8. The SMILES string of the molecule is COc1ccc(Cc2nc3c(N)nc4ccccc4c3n2CCCCNC(N)=O)cc1. The highest BCUT2D eigenvalue weighted by Crippen LogP contribution is 2.30. The number of ether oxygens (including phenoxy) is 1. The second-order valence-corrected chi connectivity index (χ2v) is 7.41. The molecule has 0 aliphatic heterocycles. The summed E-state index contributed by atoms with van der Waals surface area (Å²) in [4.78, 5) is 20.3. The van der Waals surface area contributed by atoms with Crippen LogP contribution in [0.25, 0.3) is 21.9 Å². The molecule has 5 N–H and O–H groups in total. The molecule has 0 saturated heterocycles. The first-order chi connectivity index (χ1) is 15.1. The highest BCUT2D eigenvalue weighted by Gasteiger charge is 2.17. The third-order valence-corrected chi connectivity index (χ3v) is 5.32. The molecule has 0 saturated carbocycles. The predicted molar refractivity (Wildman–Crippen MR) is 122 cm³/mol. The fourth-order valence-electron chi connectivity index (χ4n) is 3.81. The minimum absolute atomic E-state index is 0.429. The van der Waals surface area contributed by atoms with Crippen LogP contribution in [0.4, 0.5) is 10.6 Å². The smallest absolute Gasteiger partial charge is 0.312 e. The third-order valence-electron chi connectivity index (χ3n) is 5.32. The lowest BCUT2D eigenvalue weighted by atomic mass is 10.1. The van der Waals surface area contributed by atoms with Gasteiger partial charge in [0.2, 0.25) is 0 Å². The largest absolute Gasteiger partial charge is 0.497 e. The first-order valence-electron chi connectivity index (χ1n) is 10.3. The number of nitrogens with zero attached hydrogens (tertiary/aromatic N) is 3. The van der Waals surface area contributed by atoms with Gasteiger partial charge in [0.1, 0.15) is 17.1 Å². The number of carbonyl (C=O) groups excluding carboxylic acids is 1. The van der Waals surface area contributed by atoms with Gasteiger partial charge in [0.15, 0.2) is 5.82 Å². The van der Waals surface area contributed by atoms with E-state index in [9.17, 15) is 4.79 Å². The second-order valence-electron chi connectivity index (χ2n) is 7.41. The van der Waals surface area contributed by atoms with E-state index in [1.165, 1.54) is 0 Å². The normalized spacial score (nSPS) is 11.1. The topological polar surface area (TPSA) is 121 Å². The van der Waals surface area contributed by atoms with Gasteiger partial charge in [0.05, 0.1) is 18.1 Å². The van der Waals surface area contributed by atoms with Gasteiger partial charge in [-0.2, -0.15) is 0 Å². The Hall–Kier alpha value is -3.81. The standard InChI is InChI=1S/C23H26N6O2/c1-31-16-10-8-15(9-11-16)14-19-28-20-21(29(19)13-5-4-12-26-23(25)30)17-6-2-3-7-18(17)27-22(20)24/h2-3,6-11H,4-5,12-14H2,1H3,(H2,24,27)(H3,25,26,30). The quantitative estimate of drug-likeness (QED) is 0.379. The second kappa shape index (κ2) is 8.91. The molecule has 8 heteroatoms. The first-order valence-corrected chi connectivity index (χ1v) is 10.3. The van der Waals surface area contributed by atoms with Gasteiger partial charge in [0, 0.05) is 24.9 Å². The molecule has 0 bridgehead atoms. The Morgan fingerprint density at radius 1 is 1.10 bits per heavy atom. The number of hydrogen-bond donors (Lipinski definition) is 3. The van der Waals surface area contributed by atoms with Crippen molar-refractivity contribution in [3.63, 3.8) is 0 Å². The number of para-hydroxylation sites is 1. The lowest BCUT2D eigenvalue weighted by Gasteiger charge is -2.11. The summed E-state index contributed by atoms with van der Waals surface area (Å²) in [5.74, 6) is 2.17. The molecule has 0 aliphatic carbocycles. The molecule has 160 valence electrons. The minimum atomic E-state index is -0.502. The molecule has 2 aromatic carbocycles. The van der Waals surface area contributed by atoms with Crippen LogP contribution in [0, 0.1) is 0 Å². The van der Waals surface area contributed by atoms with E-state index in [0.29, 0.717) is 18.8 Å². The number of urea groups is 1. The van der Waals surface area contributed by atoms with E-state index in [1.807, 2.05) is 48.5 Å². The summed E-state index contributed by atoms with van der Waals surface area (Å²) >= 11 is 0. The molecule has 0 fully saturated rings. The number of aryl methyl sites for hydroxylation is 1. The number of unbranched alkanes of at least 4 members (excludes halogenated alkanes) is 1. The number of aromatic nitrogens is 3. The number of hydrogen-bond acceptors (Lipinski definition) is 5. The molecular weight excluding hydrogens is 392 g/mol. The van der Waals surface area contributed by atoms with E-state index < -0.39 is 6.03 Å². The maximum Gasteiger partial charge on any atom is 0.312 e. The number of carbonyl (C=O) groups is 1. The van der Waals surface area contributed by atoms with Crippen molar-refractivity contribution >= 4 is 33.8 Å².